The van der Waals surface area contributed by atoms with Gasteiger partial charge in [-0.25, -0.2) is 0 Å². The fourth-order valence-corrected chi connectivity index (χ4v) is 5.27. The highest BCUT2D eigenvalue weighted by Crippen LogP contribution is 2.33. The summed E-state index contributed by atoms with van der Waals surface area (Å²) in [6.45, 7) is 8.12. The maximum absolute atomic E-state index is 13.2. The molecule has 1 saturated heterocycles. The lowest BCUT2D eigenvalue weighted by Gasteiger charge is -2.30. The van der Waals surface area contributed by atoms with Crippen molar-refractivity contribution >= 4 is 45.9 Å². The van der Waals surface area contributed by atoms with Gasteiger partial charge in [-0.2, -0.15) is 0 Å². The summed E-state index contributed by atoms with van der Waals surface area (Å²) in [4.78, 5) is 42.7. The second-order valence-electron chi connectivity index (χ2n) is 11.1. The third-order valence-corrected chi connectivity index (χ3v) is 7.79. The van der Waals surface area contributed by atoms with Gasteiger partial charge in [0, 0.05) is 68.6 Å². The van der Waals surface area contributed by atoms with Gasteiger partial charge in [-0.3, -0.25) is 14.4 Å². The molecule has 2 heterocycles. The molecule has 0 bridgehead atoms. The van der Waals surface area contributed by atoms with Crippen LogP contribution in [0.2, 0.25) is 0 Å². The van der Waals surface area contributed by atoms with E-state index >= 15 is 0 Å². The summed E-state index contributed by atoms with van der Waals surface area (Å²) < 4.78 is 7.01. The first-order chi connectivity index (χ1) is 21.6. The second-order valence-corrected chi connectivity index (χ2v) is 11.1. The van der Waals surface area contributed by atoms with Gasteiger partial charge in [0.1, 0.15) is 5.69 Å². The average molecular weight is 607 g/mol. The van der Waals surface area contributed by atoms with E-state index in [0.717, 1.165) is 28.1 Å². The number of benzene rings is 3. The van der Waals surface area contributed by atoms with Crippen LogP contribution in [0.15, 0.2) is 90.4 Å². The van der Waals surface area contributed by atoms with Crippen LogP contribution in [0.3, 0.4) is 0 Å². The molecule has 0 spiro atoms. The van der Waals surface area contributed by atoms with E-state index in [0.29, 0.717) is 54.6 Å². The molecule has 0 unspecified atom stereocenters. The second kappa shape index (κ2) is 13.5. The van der Waals surface area contributed by atoms with Gasteiger partial charge in [-0.15, -0.1) is 0 Å². The van der Waals surface area contributed by atoms with Crippen LogP contribution in [0.1, 0.15) is 15.9 Å². The largest absolute Gasteiger partial charge is 0.378 e. The zero-order valence-electron chi connectivity index (χ0n) is 26.0. The number of anilines is 6. The number of aromatic nitrogens is 1. The third kappa shape index (κ3) is 7.08. The number of ether oxygens (including phenoxy) is 1. The van der Waals surface area contributed by atoms with E-state index in [2.05, 4.69) is 27.4 Å². The number of nitrogens with one attached hydrogen (secondary N) is 3. The highest BCUT2D eigenvalue weighted by molar-refractivity contribution is 6.05. The lowest BCUT2D eigenvalue weighted by Crippen LogP contribution is -2.36. The Labute approximate surface area is 262 Å². The number of amides is 2. The van der Waals surface area contributed by atoms with Crippen LogP contribution >= 0.6 is 0 Å². The van der Waals surface area contributed by atoms with Crippen molar-refractivity contribution in [1.29, 1.82) is 0 Å². The summed E-state index contributed by atoms with van der Waals surface area (Å²) in [7, 11) is 5.60. The van der Waals surface area contributed by atoms with Gasteiger partial charge in [0.15, 0.2) is 0 Å². The van der Waals surface area contributed by atoms with Crippen LogP contribution in [0, 0.1) is 6.92 Å². The van der Waals surface area contributed by atoms with E-state index < -0.39 is 0 Å². The van der Waals surface area contributed by atoms with E-state index in [-0.39, 0.29) is 17.4 Å². The van der Waals surface area contributed by atoms with Crippen molar-refractivity contribution in [1.82, 2.24) is 4.57 Å². The maximum atomic E-state index is 13.2. The zero-order valence-corrected chi connectivity index (χ0v) is 26.0. The molecule has 1 aromatic heterocycles. The van der Waals surface area contributed by atoms with E-state index in [1.807, 2.05) is 74.4 Å². The van der Waals surface area contributed by atoms with Gasteiger partial charge in [0.25, 0.3) is 11.5 Å². The molecule has 5 rings (SSSR count). The Morgan fingerprint density at radius 1 is 0.933 bits per heavy atom. The van der Waals surface area contributed by atoms with Crippen LogP contribution in [-0.4, -0.2) is 56.8 Å². The van der Waals surface area contributed by atoms with E-state index in [1.54, 1.807) is 31.4 Å². The molecule has 4 aromatic rings. The standard InChI is InChI=1S/C35H38N6O4/c1-6-33(42)37-30-21-26(12-15-32(30)41-16-18-45-19-17-41)36-31-20-25(22-40(5)35(31)44)28-8-7-9-29(23(28)2)38-34(43)24-10-13-27(14-11-24)39(3)4/h6-15,20-22,36H,1,16-19H2,2-5H3,(H,37,42)(H,38,43). The lowest BCUT2D eigenvalue weighted by molar-refractivity contribution is -0.111. The fraction of sp³-hybridized carbons (Fsp3) is 0.229. The van der Waals surface area contributed by atoms with Crippen LogP contribution < -0.4 is 31.3 Å². The van der Waals surface area contributed by atoms with E-state index in [4.69, 9.17) is 4.74 Å². The lowest BCUT2D eigenvalue weighted by atomic mass is 9.99. The molecule has 232 valence electrons. The summed E-state index contributed by atoms with van der Waals surface area (Å²) in [6, 6.07) is 20.5. The van der Waals surface area contributed by atoms with Gasteiger partial charge >= 0.3 is 0 Å². The quantitative estimate of drug-likeness (QED) is 0.220. The number of morpholine rings is 1. The monoisotopic (exact) mass is 606 g/mol. The molecule has 0 radical (unpaired) electrons. The van der Waals surface area contributed by atoms with Crippen molar-refractivity contribution in [3.63, 3.8) is 0 Å². The molecule has 10 heteroatoms. The first-order valence-corrected chi connectivity index (χ1v) is 14.7. The predicted octanol–water partition coefficient (Wildman–Crippen LogP) is 5.38. The van der Waals surface area contributed by atoms with Gasteiger partial charge in [-0.05, 0) is 78.7 Å². The number of nitrogens with zero attached hydrogens (tertiary/aromatic N) is 3. The summed E-state index contributed by atoms with van der Waals surface area (Å²) in [6.07, 6.45) is 3.00. The molecule has 1 aliphatic heterocycles. The molecule has 1 aliphatic rings. The maximum Gasteiger partial charge on any atom is 0.274 e. The number of aryl methyl sites for hydroxylation is 1. The minimum Gasteiger partial charge on any atom is -0.378 e. The summed E-state index contributed by atoms with van der Waals surface area (Å²) in [5, 5.41) is 9.19. The highest BCUT2D eigenvalue weighted by atomic mass is 16.5. The third-order valence-electron chi connectivity index (χ3n) is 7.79. The summed E-state index contributed by atoms with van der Waals surface area (Å²) in [5.41, 5.74) is 7.05. The van der Waals surface area contributed by atoms with Gasteiger partial charge in [0.05, 0.1) is 24.6 Å². The molecular weight excluding hydrogens is 568 g/mol. The number of hydrogen-bond acceptors (Lipinski definition) is 7. The van der Waals surface area contributed by atoms with Crippen LogP contribution in [0.25, 0.3) is 11.1 Å². The molecule has 3 N–H and O–H groups in total. The van der Waals surface area contributed by atoms with Crippen molar-refractivity contribution in [2.45, 2.75) is 6.92 Å². The molecular formula is C35H38N6O4. The minimum atomic E-state index is -0.326. The summed E-state index contributed by atoms with van der Waals surface area (Å²) in [5.74, 6) is -0.532. The zero-order chi connectivity index (χ0) is 32.1. The van der Waals surface area contributed by atoms with Gasteiger partial charge < -0.3 is 35.1 Å². The molecule has 0 aliphatic carbocycles. The Hall–Kier alpha value is -5.35. The van der Waals surface area contributed by atoms with Crippen LogP contribution in [0.5, 0.6) is 0 Å². The van der Waals surface area contributed by atoms with Crippen LogP contribution in [-0.2, 0) is 16.6 Å². The SMILES string of the molecule is C=CC(=O)Nc1cc(Nc2cc(-c3cccc(NC(=O)c4ccc(N(C)C)cc4)c3C)cn(C)c2=O)ccc1N1CCOCC1. The van der Waals surface area contributed by atoms with Crippen molar-refractivity contribution in [3.8, 4) is 11.1 Å². The molecule has 0 saturated carbocycles. The first kappa shape index (κ1) is 31.1. The Morgan fingerprint density at radius 2 is 1.67 bits per heavy atom. The molecule has 10 nitrogen and oxygen atoms in total. The predicted molar refractivity (Wildman–Crippen MR) is 182 cm³/mol. The van der Waals surface area contributed by atoms with Gasteiger partial charge in [-0.1, -0.05) is 18.7 Å². The molecule has 2 amide bonds. The Bertz CT molecular complexity index is 1790. The fourth-order valence-electron chi connectivity index (χ4n) is 5.27. The molecule has 3 aromatic carbocycles. The molecule has 0 atom stereocenters. The van der Waals surface area contributed by atoms with Crippen LogP contribution in [0.4, 0.5) is 34.1 Å². The first-order valence-electron chi connectivity index (χ1n) is 14.7. The van der Waals surface area contributed by atoms with Crippen molar-refractivity contribution in [3.05, 3.63) is 107 Å². The van der Waals surface area contributed by atoms with Crippen molar-refractivity contribution in [2.24, 2.45) is 7.05 Å². The number of rotatable bonds is 9. The van der Waals surface area contributed by atoms with Crippen molar-refractivity contribution in [2.75, 3.05) is 66.1 Å². The number of pyridine rings is 1. The number of carbonyl (C=O) groups excluding carboxylic acids is 2. The molecule has 1 fully saturated rings. The average Bonchev–Trinajstić information content (AvgIpc) is 3.04. The van der Waals surface area contributed by atoms with Gasteiger partial charge in [0.2, 0.25) is 5.91 Å². The highest BCUT2D eigenvalue weighted by Gasteiger charge is 2.18. The normalized spacial score (nSPS) is 12.8. The number of hydrogen-bond donors (Lipinski definition) is 3. The Balaban J connectivity index is 1.43. The molecule has 45 heavy (non-hydrogen) atoms. The summed E-state index contributed by atoms with van der Waals surface area (Å²) >= 11 is 0. The minimum absolute atomic E-state index is 0.205. The van der Waals surface area contributed by atoms with E-state index in [1.165, 1.54) is 10.6 Å². The van der Waals surface area contributed by atoms with Crippen molar-refractivity contribution < 1.29 is 14.3 Å². The topological polar surface area (TPSA) is 108 Å². The van der Waals surface area contributed by atoms with E-state index in [9.17, 15) is 14.4 Å². The Morgan fingerprint density at radius 3 is 2.36 bits per heavy atom. The Kier molecular flexibility index (Phi) is 9.34. The smallest absolute Gasteiger partial charge is 0.274 e. The number of carbonyl (C=O) groups is 2.